The van der Waals surface area contributed by atoms with Crippen LogP contribution in [-0.2, 0) is 48.0 Å². The molecule has 8 rings (SSSR count). The SMILES string of the molecule is CCn1c(-c2cccnc2[C@H](C)OC)c2c3cc(ccc31)-c1csc(n1)CC(NC(=O)[C@H](C(C)C)N(C)C(=O)N1CC(C3COC3)C1)C(=O)N1CCC[C@H](N1)C(=O)OCC(C)(C)C2. The molecule has 16 heteroatoms. The Bertz CT molecular complexity index is 2350. The Morgan fingerprint density at radius 3 is 2.60 bits per heavy atom. The second-order valence-corrected chi connectivity index (χ2v) is 19.8. The lowest BCUT2D eigenvalue weighted by Crippen LogP contribution is -2.64. The van der Waals surface area contributed by atoms with Crippen molar-refractivity contribution < 1.29 is 33.4 Å². The minimum absolute atomic E-state index is 0.113. The van der Waals surface area contributed by atoms with Crippen LogP contribution in [0.2, 0.25) is 0 Å². The first-order chi connectivity index (χ1) is 30.2. The third-order valence-corrected chi connectivity index (χ3v) is 14.2. The predicted molar refractivity (Wildman–Crippen MR) is 240 cm³/mol. The molecule has 3 aromatic heterocycles. The van der Waals surface area contributed by atoms with Crippen molar-refractivity contribution in [3.8, 4) is 22.5 Å². The van der Waals surface area contributed by atoms with Crippen LogP contribution in [0.25, 0.3) is 33.4 Å². The number of cyclic esters (lactones) is 1. The molecule has 0 aliphatic carbocycles. The van der Waals surface area contributed by atoms with Gasteiger partial charge in [-0.1, -0.05) is 33.8 Å². The van der Waals surface area contributed by atoms with Gasteiger partial charge in [0, 0.05) is 97.6 Å². The van der Waals surface area contributed by atoms with Gasteiger partial charge in [0.15, 0.2) is 0 Å². The largest absolute Gasteiger partial charge is 0.464 e. The van der Waals surface area contributed by atoms with Crippen molar-refractivity contribution in [2.45, 2.75) is 98.0 Å². The fraction of sp³-hybridized carbons (Fsp3) is 0.574. The minimum Gasteiger partial charge on any atom is -0.464 e. The van der Waals surface area contributed by atoms with E-state index in [1.54, 1.807) is 25.3 Å². The maximum atomic E-state index is 14.6. The molecule has 1 unspecified atom stereocenters. The highest BCUT2D eigenvalue weighted by Crippen LogP contribution is 2.42. The topological polar surface area (TPSA) is 160 Å². The lowest BCUT2D eigenvalue weighted by atomic mass is 9.84. The number of urea groups is 1. The Morgan fingerprint density at radius 1 is 1.13 bits per heavy atom. The Hall–Kier alpha value is -4.90. The number of hydrazine groups is 1. The maximum Gasteiger partial charge on any atom is 0.324 e. The average Bonchev–Trinajstić information content (AvgIpc) is 3.83. The number of nitrogens with zero attached hydrogens (tertiary/aromatic N) is 6. The highest BCUT2D eigenvalue weighted by atomic mass is 32.1. The summed E-state index contributed by atoms with van der Waals surface area (Å²) in [6, 6.07) is 7.62. The van der Waals surface area contributed by atoms with E-state index in [0.29, 0.717) is 62.3 Å². The van der Waals surface area contributed by atoms with Crippen molar-refractivity contribution in [2.75, 3.05) is 53.6 Å². The molecule has 3 fully saturated rings. The molecule has 1 aromatic carbocycles. The lowest BCUT2D eigenvalue weighted by Gasteiger charge is -2.48. The highest BCUT2D eigenvalue weighted by molar-refractivity contribution is 7.10. The summed E-state index contributed by atoms with van der Waals surface area (Å²) < 4.78 is 19.6. The molecule has 3 saturated heterocycles. The molecule has 4 aliphatic heterocycles. The van der Waals surface area contributed by atoms with E-state index in [-0.39, 0.29) is 37.0 Å². The monoisotopic (exact) mass is 882 g/mol. The molecule has 4 atom stereocenters. The number of thiazole rings is 1. The van der Waals surface area contributed by atoms with Crippen molar-refractivity contribution in [1.29, 1.82) is 0 Å². The summed E-state index contributed by atoms with van der Waals surface area (Å²) in [5.41, 5.74) is 9.40. The fourth-order valence-electron chi connectivity index (χ4n) is 9.58. The number of aromatic nitrogens is 3. The molecule has 0 radical (unpaired) electrons. The summed E-state index contributed by atoms with van der Waals surface area (Å²) in [7, 11) is 3.35. The van der Waals surface area contributed by atoms with E-state index in [0.717, 1.165) is 57.9 Å². The number of likely N-dealkylation sites (tertiary alicyclic amines) is 1. The van der Waals surface area contributed by atoms with Crippen molar-refractivity contribution >= 4 is 46.1 Å². The van der Waals surface area contributed by atoms with E-state index in [9.17, 15) is 19.2 Å². The zero-order valence-corrected chi connectivity index (χ0v) is 38.6. The maximum absolute atomic E-state index is 14.6. The van der Waals surface area contributed by atoms with Crippen LogP contribution in [0.3, 0.4) is 0 Å². The predicted octanol–water partition coefficient (Wildman–Crippen LogP) is 5.86. The van der Waals surface area contributed by atoms with Gasteiger partial charge in [-0.15, -0.1) is 11.3 Å². The van der Waals surface area contributed by atoms with Crippen LogP contribution in [0.1, 0.15) is 76.8 Å². The summed E-state index contributed by atoms with van der Waals surface area (Å²) >= 11 is 1.43. The number of amides is 4. The van der Waals surface area contributed by atoms with Gasteiger partial charge in [0.05, 0.1) is 48.0 Å². The van der Waals surface area contributed by atoms with Crippen LogP contribution in [0.4, 0.5) is 4.79 Å². The van der Waals surface area contributed by atoms with Gasteiger partial charge in [0.25, 0.3) is 5.91 Å². The molecule has 2 N–H and O–H groups in total. The van der Waals surface area contributed by atoms with Crippen molar-refractivity contribution in [1.82, 2.24) is 40.1 Å². The number of methoxy groups -OCH3 is 1. The second-order valence-electron chi connectivity index (χ2n) is 18.8. The summed E-state index contributed by atoms with van der Waals surface area (Å²) in [6.07, 6.45) is 3.31. The summed E-state index contributed by atoms with van der Waals surface area (Å²) in [5.74, 6) is -0.618. The Morgan fingerprint density at radius 2 is 1.90 bits per heavy atom. The lowest BCUT2D eigenvalue weighted by molar-refractivity contribution is -0.155. The van der Waals surface area contributed by atoms with Gasteiger partial charge in [0.2, 0.25) is 5.91 Å². The number of aryl methyl sites for hydroxylation is 1. The molecule has 4 amide bonds. The third kappa shape index (κ3) is 8.96. The number of ether oxygens (including phenoxy) is 3. The number of likely N-dealkylation sites (N-methyl/N-ethyl adjacent to an activating group) is 1. The summed E-state index contributed by atoms with van der Waals surface area (Å²) in [4.78, 5) is 69.7. The molecule has 338 valence electrons. The van der Waals surface area contributed by atoms with Gasteiger partial charge in [-0.25, -0.2) is 15.2 Å². The van der Waals surface area contributed by atoms with Crippen LogP contribution in [0.15, 0.2) is 41.9 Å². The zero-order valence-electron chi connectivity index (χ0n) is 37.8. The molecule has 0 saturated carbocycles. The number of fused-ring (bicyclic) bond motifs is 6. The first-order valence-electron chi connectivity index (χ1n) is 22.4. The average molecular weight is 883 g/mol. The summed E-state index contributed by atoms with van der Waals surface area (Å²) in [6.45, 7) is 16.1. The van der Waals surface area contributed by atoms with E-state index in [1.807, 2.05) is 32.2 Å². The Labute approximate surface area is 373 Å². The van der Waals surface area contributed by atoms with Crippen LogP contribution in [0.5, 0.6) is 0 Å². The standard InChI is InChI=1S/C47H62N8O7S/c1-9-54-38-15-14-29-18-33(38)34(42(54)32-12-10-16-48-40(32)28(4)60-8)20-47(5,6)26-62-45(58)35-13-11-17-55(51-35)44(57)36(19-39-49-37(29)25-63-39)50-43(56)41(27(2)3)52(7)46(59)53-21-30(22-53)31-23-61-24-31/h10,12,14-16,18,25,27-28,30-31,35-36,41,51H,9,11,13,17,19-24,26H2,1-8H3,(H,50,56)/t28-,35-,36?,41-/m0/s1. The van der Waals surface area contributed by atoms with Crippen molar-refractivity contribution in [3.63, 3.8) is 0 Å². The molecule has 6 bridgehead atoms. The van der Waals surface area contributed by atoms with E-state index < -0.39 is 35.4 Å². The number of rotatable bonds is 9. The normalized spacial score (nSPS) is 21.9. The van der Waals surface area contributed by atoms with Gasteiger partial charge in [-0.2, -0.15) is 0 Å². The molecular weight excluding hydrogens is 821 g/mol. The fourth-order valence-corrected chi connectivity index (χ4v) is 10.4. The number of carbonyl (C=O) groups is 4. The highest BCUT2D eigenvalue weighted by Gasteiger charge is 2.43. The van der Waals surface area contributed by atoms with Gasteiger partial charge in [0.1, 0.15) is 18.1 Å². The van der Waals surface area contributed by atoms with Gasteiger partial charge < -0.3 is 33.9 Å². The first kappa shape index (κ1) is 44.7. The molecule has 63 heavy (non-hydrogen) atoms. The van der Waals surface area contributed by atoms with Crippen molar-refractivity contribution in [2.24, 2.45) is 23.2 Å². The second kappa shape index (κ2) is 18.3. The molecular formula is C47H62N8O7S. The quantitative estimate of drug-likeness (QED) is 0.195. The molecule has 15 nitrogen and oxygen atoms in total. The zero-order chi connectivity index (χ0) is 44.7. The van der Waals surface area contributed by atoms with E-state index in [2.05, 4.69) is 60.3 Å². The van der Waals surface area contributed by atoms with Crippen LogP contribution < -0.4 is 10.7 Å². The number of esters is 1. The van der Waals surface area contributed by atoms with E-state index in [1.165, 1.54) is 21.2 Å². The van der Waals surface area contributed by atoms with Gasteiger partial charge >= 0.3 is 12.0 Å². The third-order valence-electron chi connectivity index (χ3n) is 13.3. The Balaban J connectivity index is 1.15. The number of hydrogen-bond acceptors (Lipinski definition) is 11. The minimum atomic E-state index is -1.04. The smallest absolute Gasteiger partial charge is 0.324 e. The first-order valence-corrected chi connectivity index (χ1v) is 23.3. The van der Waals surface area contributed by atoms with Gasteiger partial charge in [-0.05, 0) is 68.9 Å². The molecule has 4 aromatic rings. The number of benzene rings is 1. The number of hydrogen-bond donors (Lipinski definition) is 2. The Kier molecular flexibility index (Phi) is 13.0. The number of nitrogens with one attached hydrogen (secondary N) is 2. The summed E-state index contributed by atoms with van der Waals surface area (Å²) in [5, 5.41) is 8.22. The molecule has 7 heterocycles. The van der Waals surface area contributed by atoms with Crippen molar-refractivity contribution in [3.05, 3.63) is 58.2 Å². The van der Waals surface area contributed by atoms with Crippen LogP contribution >= 0.6 is 11.3 Å². The van der Waals surface area contributed by atoms with E-state index >= 15 is 0 Å². The van der Waals surface area contributed by atoms with Gasteiger partial charge in [-0.3, -0.25) is 24.4 Å². The number of pyridine rings is 1. The molecule has 4 aliphatic rings. The van der Waals surface area contributed by atoms with Crippen LogP contribution in [-0.4, -0.2) is 125 Å². The van der Waals surface area contributed by atoms with E-state index in [4.69, 9.17) is 24.2 Å². The van der Waals surface area contributed by atoms with Crippen LogP contribution in [0, 0.1) is 23.2 Å². The number of carbonyl (C=O) groups excluding carboxylic acids is 4. The molecule has 0 spiro atoms.